The van der Waals surface area contributed by atoms with E-state index in [1.54, 1.807) is 24.3 Å². The average Bonchev–Trinajstić information content (AvgIpc) is 3.15. The highest BCUT2D eigenvalue weighted by molar-refractivity contribution is 9.10. The first-order valence-corrected chi connectivity index (χ1v) is 10.8. The molecule has 0 aliphatic carbocycles. The number of hydrogen-bond donors (Lipinski definition) is 1. The lowest BCUT2D eigenvalue weighted by atomic mass is 10.1. The van der Waals surface area contributed by atoms with Crippen LogP contribution in [0.5, 0.6) is 0 Å². The zero-order valence-electron chi connectivity index (χ0n) is 16.0. The molecule has 1 aromatic heterocycles. The van der Waals surface area contributed by atoms with E-state index in [1.807, 2.05) is 38.1 Å². The molecule has 0 unspecified atom stereocenters. The highest BCUT2D eigenvalue weighted by Gasteiger charge is 2.13. The molecule has 1 N–H and O–H groups in total. The number of hydrogen-bond acceptors (Lipinski definition) is 6. The number of anilines is 1. The minimum Gasteiger partial charge on any atom is -0.411 e. The summed E-state index contributed by atoms with van der Waals surface area (Å²) >= 11 is 4.58. The lowest BCUT2D eigenvalue weighted by molar-refractivity contribution is -0.116. The van der Waals surface area contributed by atoms with Crippen LogP contribution in [0.2, 0.25) is 0 Å². The van der Waals surface area contributed by atoms with Crippen LogP contribution >= 0.6 is 27.7 Å². The molecule has 0 aliphatic rings. The molecule has 2 aromatic carbocycles. The molecule has 1 heterocycles. The number of carbonyl (C=O) groups excluding carboxylic acids is 2. The van der Waals surface area contributed by atoms with E-state index in [4.69, 9.17) is 4.42 Å². The van der Waals surface area contributed by atoms with Gasteiger partial charge in [-0.15, -0.1) is 10.2 Å². The summed E-state index contributed by atoms with van der Waals surface area (Å²) in [6, 6.07) is 14.4. The van der Waals surface area contributed by atoms with Gasteiger partial charge in [0, 0.05) is 27.7 Å². The number of aromatic nitrogens is 2. The quantitative estimate of drug-likeness (QED) is 0.345. The van der Waals surface area contributed by atoms with Gasteiger partial charge in [0.05, 0.1) is 5.75 Å². The van der Waals surface area contributed by atoms with Gasteiger partial charge in [-0.2, -0.15) is 0 Å². The number of ketones is 1. The van der Waals surface area contributed by atoms with Crippen molar-refractivity contribution in [2.24, 2.45) is 5.92 Å². The van der Waals surface area contributed by atoms with Gasteiger partial charge in [-0.05, 0) is 54.4 Å². The second kappa shape index (κ2) is 9.84. The van der Waals surface area contributed by atoms with E-state index in [2.05, 4.69) is 31.4 Å². The molecule has 29 heavy (non-hydrogen) atoms. The number of amides is 1. The van der Waals surface area contributed by atoms with E-state index in [9.17, 15) is 9.59 Å². The summed E-state index contributed by atoms with van der Waals surface area (Å²) in [5.74, 6) is 0.794. The summed E-state index contributed by atoms with van der Waals surface area (Å²) < 4.78 is 6.58. The maximum atomic E-state index is 12.4. The molecule has 6 nitrogen and oxygen atoms in total. The number of halogens is 1. The van der Waals surface area contributed by atoms with Gasteiger partial charge in [0.2, 0.25) is 11.8 Å². The van der Waals surface area contributed by atoms with E-state index in [0.717, 1.165) is 10.0 Å². The number of benzene rings is 2. The van der Waals surface area contributed by atoms with E-state index in [0.29, 0.717) is 34.7 Å². The standard InChI is InChI=1S/C21H20BrN3O3S/c1-13(2)11-19(27)23-17-9-5-14(6-10-17)18(26)12-29-21-25-24-20(28-21)15-3-7-16(22)8-4-15/h3-10,13H,11-12H2,1-2H3,(H,23,27). The zero-order valence-corrected chi connectivity index (χ0v) is 18.4. The Hall–Kier alpha value is -2.45. The summed E-state index contributed by atoms with van der Waals surface area (Å²) in [6.45, 7) is 3.98. The Labute approximate surface area is 181 Å². The Bertz CT molecular complexity index is 985. The third kappa shape index (κ3) is 6.27. The van der Waals surface area contributed by atoms with Gasteiger partial charge >= 0.3 is 0 Å². The minimum absolute atomic E-state index is 0.0346. The smallest absolute Gasteiger partial charge is 0.277 e. The minimum atomic E-state index is -0.0570. The summed E-state index contributed by atoms with van der Waals surface area (Å²) in [7, 11) is 0. The fourth-order valence-electron chi connectivity index (χ4n) is 2.51. The largest absolute Gasteiger partial charge is 0.411 e. The van der Waals surface area contributed by atoms with Crippen LogP contribution in [-0.2, 0) is 4.79 Å². The molecule has 8 heteroatoms. The fourth-order valence-corrected chi connectivity index (χ4v) is 3.43. The first-order valence-electron chi connectivity index (χ1n) is 9.06. The molecule has 0 radical (unpaired) electrons. The number of nitrogens with zero attached hydrogens (tertiary/aromatic N) is 2. The van der Waals surface area contributed by atoms with E-state index in [-0.39, 0.29) is 17.4 Å². The lowest BCUT2D eigenvalue weighted by Gasteiger charge is -2.07. The molecule has 1 amide bonds. The topological polar surface area (TPSA) is 85.1 Å². The summed E-state index contributed by atoms with van der Waals surface area (Å²) in [6.07, 6.45) is 0.462. The molecule has 0 saturated carbocycles. The van der Waals surface area contributed by atoms with Crippen molar-refractivity contribution in [2.75, 3.05) is 11.1 Å². The van der Waals surface area contributed by atoms with Gasteiger partial charge in [0.1, 0.15) is 0 Å². The molecular weight excluding hydrogens is 454 g/mol. The molecule has 0 saturated heterocycles. The van der Waals surface area contributed by atoms with Crippen LogP contribution in [-0.4, -0.2) is 27.6 Å². The fraction of sp³-hybridized carbons (Fsp3) is 0.238. The maximum Gasteiger partial charge on any atom is 0.277 e. The predicted molar refractivity (Wildman–Crippen MR) is 117 cm³/mol. The van der Waals surface area contributed by atoms with Crippen LogP contribution in [0.3, 0.4) is 0 Å². The Morgan fingerprint density at radius 2 is 1.76 bits per heavy atom. The van der Waals surface area contributed by atoms with Crippen molar-refractivity contribution in [1.29, 1.82) is 0 Å². The Morgan fingerprint density at radius 1 is 1.07 bits per heavy atom. The van der Waals surface area contributed by atoms with Crippen molar-refractivity contribution < 1.29 is 14.0 Å². The van der Waals surface area contributed by atoms with Crippen LogP contribution in [0.4, 0.5) is 5.69 Å². The average molecular weight is 474 g/mol. The first-order chi connectivity index (χ1) is 13.9. The zero-order chi connectivity index (χ0) is 20.8. The monoisotopic (exact) mass is 473 g/mol. The molecular formula is C21H20BrN3O3S. The molecule has 0 bridgehead atoms. The summed E-state index contributed by atoms with van der Waals surface area (Å²) in [4.78, 5) is 24.2. The second-order valence-corrected chi connectivity index (χ2v) is 8.66. The van der Waals surface area contributed by atoms with Crippen molar-refractivity contribution >= 4 is 45.1 Å². The van der Waals surface area contributed by atoms with Crippen LogP contribution in [0.1, 0.15) is 30.6 Å². The second-order valence-electron chi connectivity index (χ2n) is 6.82. The molecule has 0 atom stereocenters. The van der Waals surface area contributed by atoms with Gasteiger partial charge in [0.25, 0.3) is 5.22 Å². The Morgan fingerprint density at radius 3 is 2.41 bits per heavy atom. The van der Waals surface area contributed by atoms with E-state index < -0.39 is 0 Å². The van der Waals surface area contributed by atoms with E-state index >= 15 is 0 Å². The van der Waals surface area contributed by atoms with Crippen molar-refractivity contribution in [2.45, 2.75) is 25.5 Å². The number of nitrogens with one attached hydrogen (secondary N) is 1. The molecule has 150 valence electrons. The number of thioether (sulfide) groups is 1. The van der Waals surface area contributed by atoms with Crippen LogP contribution < -0.4 is 5.32 Å². The number of rotatable bonds is 8. The Balaban J connectivity index is 1.54. The van der Waals surface area contributed by atoms with Crippen molar-refractivity contribution in [3.63, 3.8) is 0 Å². The van der Waals surface area contributed by atoms with Gasteiger partial charge in [-0.25, -0.2) is 0 Å². The van der Waals surface area contributed by atoms with E-state index in [1.165, 1.54) is 11.8 Å². The maximum absolute atomic E-state index is 12.4. The van der Waals surface area contributed by atoms with Crippen molar-refractivity contribution in [1.82, 2.24) is 10.2 Å². The first kappa shape index (κ1) is 21.3. The van der Waals surface area contributed by atoms with Gasteiger partial charge in [0.15, 0.2) is 5.78 Å². The molecule has 3 rings (SSSR count). The highest BCUT2D eigenvalue weighted by atomic mass is 79.9. The molecule has 0 spiro atoms. The van der Waals surface area contributed by atoms with Gasteiger partial charge in [-0.3, -0.25) is 9.59 Å². The number of carbonyl (C=O) groups is 2. The van der Waals surface area contributed by atoms with Gasteiger partial charge in [-0.1, -0.05) is 41.5 Å². The third-order valence-corrected chi connectivity index (χ3v) is 5.26. The van der Waals surface area contributed by atoms with Crippen LogP contribution in [0.25, 0.3) is 11.5 Å². The highest BCUT2D eigenvalue weighted by Crippen LogP contribution is 2.25. The van der Waals surface area contributed by atoms with Crippen molar-refractivity contribution in [3.05, 3.63) is 58.6 Å². The Kier molecular flexibility index (Phi) is 7.22. The molecule has 3 aromatic rings. The number of Topliss-reactive ketones (excluding diaryl/α,β-unsaturated/α-hetero) is 1. The summed E-state index contributed by atoms with van der Waals surface area (Å²) in [5.41, 5.74) is 2.05. The van der Waals surface area contributed by atoms with Crippen LogP contribution in [0.15, 0.2) is 62.6 Å². The lowest BCUT2D eigenvalue weighted by Crippen LogP contribution is -2.14. The third-order valence-electron chi connectivity index (χ3n) is 3.91. The SMILES string of the molecule is CC(C)CC(=O)Nc1ccc(C(=O)CSc2nnc(-c3ccc(Br)cc3)o2)cc1. The van der Waals surface area contributed by atoms with Gasteiger partial charge < -0.3 is 9.73 Å². The predicted octanol–water partition coefficient (Wildman–Crippen LogP) is 5.46. The van der Waals surface area contributed by atoms with Crippen molar-refractivity contribution in [3.8, 4) is 11.5 Å². The molecule has 0 fully saturated rings. The summed E-state index contributed by atoms with van der Waals surface area (Å²) in [5, 5.41) is 11.2. The normalized spacial score (nSPS) is 10.9. The molecule has 0 aliphatic heterocycles. The van der Waals surface area contributed by atoms with Crippen LogP contribution in [0, 0.1) is 5.92 Å².